The number of benzene rings is 4. The maximum atomic E-state index is 12.6. The third-order valence-corrected chi connectivity index (χ3v) is 8.61. The zero-order valence-electron chi connectivity index (χ0n) is 21.1. The summed E-state index contributed by atoms with van der Waals surface area (Å²) in [4.78, 5) is 12.6. The summed E-state index contributed by atoms with van der Waals surface area (Å²) in [5.74, 6) is -0.145. The van der Waals surface area contributed by atoms with Crippen molar-refractivity contribution in [3.63, 3.8) is 0 Å². The van der Waals surface area contributed by atoms with Gasteiger partial charge in [0, 0.05) is 17.3 Å². The smallest absolute Gasteiger partial charge is 0.305 e. The third kappa shape index (κ3) is 3.20. The Morgan fingerprint density at radius 2 is 0.972 bits per heavy atom. The summed E-state index contributed by atoms with van der Waals surface area (Å²) in [6, 6.07) is 35.6. The van der Waals surface area contributed by atoms with Crippen LogP contribution in [0.2, 0.25) is 0 Å². The number of fused-ring (bicyclic) bond motifs is 6. The van der Waals surface area contributed by atoms with E-state index in [2.05, 4.69) is 104 Å². The Bertz CT molecular complexity index is 1360. The zero-order chi connectivity index (χ0) is 24.8. The molecular weight excluding hydrogens is 440 g/mol. The molecular formula is C34H32O2. The molecule has 0 spiro atoms. The van der Waals surface area contributed by atoms with Gasteiger partial charge in [0.15, 0.2) is 0 Å². The van der Waals surface area contributed by atoms with E-state index in [-0.39, 0.29) is 16.8 Å². The first kappa shape index (κ1) is 22.8. The lowest BCUT2D eigenvalue weighted by molar-refractivity contribution is -0.141. The molecule has 180 valence electrons. The monoisotopic (exact) mass is 472 g/mol. The molecule has 6 rings (SSSR count). The van der Waals surface area contributed by atoms with Gasteiger partial charge >= 0.3 is 5.97 Å². The second-order valence-electron chi connectivity index (χ2n) is 10.3. The van der Waals surface area contributed by atoms with E-state index in [9.17, 15) is 4.79 Å². The van der Waals surface area contributed by atoms with Gasteiger partial charge in [-0.3, -0.25) is 4.79 Å². The van der Waals surface area contributed by atoms with E-state index in [1.54, 1.807) is 0 Å². The van der Waals surface area contributed by atoms with Gasteiger partial charge in [-0.15, -0.1) is 0 Å². The van der Waals surface area contributed by atoms with Crippen LogP contribution in [0, 0.1) is 0 Å². The Balaban J connectivity index is 1.63. The molecule has 0 saturated heterocycles. The lowest BCUT2D eigenvalue weighted by atomic mass is 9.60. The first-order chi connectivity index (χ1) is 17.6. The molecule has 2 aliphatic carbocycles. The van der Waals surface area contributed by atoms with Crippen molar-refractivity contribution in [1.82, 2.24) is 0 Å². The Hall–Kier alpha value is -3.65. The van der Waals surface area contributed by atoms with Gasteiger partial charge < -0.3 is 4.74 Å². The molecule has 2 heteroatoms. The predicted molar refractivity (Wildman–Crippen MR) is 146 cm³/mol. The van der Waals surface area contributed by atoms with Crippen LogP contribution >= 0.6 is 0 Å². The van der Waals surface area contributed by atoms with Crippen molar-refractivity contribution in [3.8, 4) is 22.3 Å². The summed E-state index contributed by atoms with van der Waals surface area (Å²) >= 11 is 0. The summed E-state index contributed by atoms with van der Waals surface area (Å²) < 4.78 is 5.15. The number of carbonyl (C=O) groups is 1. The SMILES string of the molecule is CCCC1(CC2(CCC(=O)OC)c3ccccc3-c3ccccc32)c2ccccc2-c2ccccc21. The van der Waals surface area contributed by atoms with E-state index in [1.165, 1.54) is 51.6 Å². The van der Waals surface area contributed by atoms with Crippen LogP contribution in [0.25, 0.3) is 22.3 Å². The van der Waals surface area contributed by atoms with E-state index >= 15 is 0 Å². The summed E-state index contributed by atoms with van der Waals surface area (Å²) in [5.41, 5.74) is 10.4. The Morgan fingerprint density at radius 1 is 0.611 bits per heavy atom. The molecule has 36 heavy (non-hydrogen) atoms. The van der Waals surface area contributed by atoms with Crippen LogP contribution in [0.3, 0.4) is 0 Å². The fourth-order valence-corrected chi connectivity index (χ4v) is 7.29. The molecule has 0 unspecified atom stereocenters. The van der Waals surface area contributed by atoms with Crippen molar-refractivity contribution in [2.75, 3.05) is 7.11 Å². The highest BCUT2D eigenvalue weighted by Crippen LogP contribution is 2.62. The van der Waals surface area contributed by atoms with Gasteiger partial charge in [0.05, 0.1) is 7.11 Å². The number of hydrogen-bond acceptors (Lipinski definition) is 2. The van der Waals surface area contributed by atoms with Gasteiger partial charge in [0.25, 0.3) is 0 Å². The van der Waals surface area contributed by atoms with Gasteiger partial charge in [-0.25, -0.2) is 0 Å². The van der Waals surface area contributed by atoms with E-state index < -0.39 is 0 Å². The van der Waals surface area contributed by atoms with Gasteiger partial charge in [-0.05, 0) is 63.8 Å². The number of methoxy groups -OCH3 is 1. The largest absolute Gasteiger partial charge is 0.469 e. The van der Waals surface area contributed by atoms with Crippen LogP contribution in [-0.4, -0.2) is 13.1 Å². The number of esters is 1. The minimum atomic E-state index is -0.291. The number of hydrogen-bond donors (Lipinski definition) is 0. The second kappa shape index (κ2) is 8.78. The van der Waals surface area contributed by atoms with Gasteiger partial charge in [0.1, 0.15) is 0 Å². The number of ether oxygens (including phenoxy) is 1. The summed E-state index contributed by atoms with van der Waals surface area (Å²) in [7, 11) is 1.49. The quantitative estimate of drug-likeness (QED) is 0.254. The van der Waals surface area contributed by atoms with Crippen LogP contribution in [0.1, 0.15) is 61.3 Å². The van der Waals surface area contributed by atoms with Crippen molar-refractivity contribution in [1.29, 1.82) is 0 Å². The molecule has 0 fully saturated rings. The minimum absolute atomic E-state index is 0.136. The Morgan fingerprint density at radius 3 is 1.33 bits per heavy atom. The van der Waals surface area contributed by atoms with Crippen LogP contribution < -0.4 is 0 Å². The summed E-state index contributed by atoms with van der Waals surface area (Å²) in [5, 5.41) is 0. The van der Waals surface area contributed by atoms with Crippen molar-refractivity contribution in [2.24, 2.45) is 0 Å². The molecule has 2 aliphatic rings. The third-order valence-electron chi connectivity index (χ3n) is 8.61. The molecule has 0 amide bonds. The number of rotatable bonds is 7. The average Bonchev–Trinajstić information content (AvgIpc) is 3.36. The standard InChI is InChI=1S/C34H32O2/c1-3-21-33(28-16-8-4-12-24(28)25-13-5-9-17-29(25)33)23-34(22-20-32(35)36-2)30-18-10-6-14-26(30)27-15-7-11-19-31(27)34/h4-19H,3,20-23H2,1-2H3. The first-order valence-electron chi connectivity index (χ1n) is 13.1. The maximum Gasteiger partial charge on any atom is 0.305 e. The molecule has 4 aromatic rings. The molecule has 0 N–H and O–H groups in total. The summed E-state index contributed by atoms with van der Waals surface area (Å²) in [6.07, 6.45) is 4.19. The number of carbonyl (C=O) groups excluding carboxylic acids is 1. The molecule has 0 heterocycles. The highest BCUT2D eigenvalue weighted by Gasteiger charge is 2.52. The lowest BCUT2D eigenvalue weighted by Gasteiger charge is -2.42. The van der Waals surface area contributed by atoms with Gasteiger partial charge in [-0.2, -0.15) is 0 Å². The van der Waals surface area contributed by atoms with Crippen molar-refractivity contribution >= 4 is 5.97 Å². The normalized spacial score (nSPS) is 15.5. The zero-order valence-corrected chi connectivity index (χ0v) is 21.1. The van der Waals surface area contributed by atoms with Crippen molar-refractivity contribution < 1.29 is 9.53 Å². The van der Waals surface area contributed by atoms with Crippen LogP contribution in [0.5, 0.6) is 0 Å². The van der Waals surface area contributed by atoms with E-state index in [4.69, 9.17) is 4.74 Å². The lowest BCUT2D eigenvalue weighted by Crippen LogP contribution is -2.38. The molecule has 0 radical (unpaired) electrons. The van der Waals surface area contributed by atoms with Gasteiger partial charge in [0.2, 0.25) is 0 Å². The van der Waals surface area contributed by atoms with Crippen LogP contribution in [0.4, 0.5) is 0 Å². The Labute approximate surface area is 214 Å². The molecule has 0 saturated carbocycles. The van der Waals surface area contributed by atoms with Crippen molar-refractivity contribution in [3.05, 3.63) is 119 Å². The molecule has 0 aliphatic heterocycles. The fraction of sp³-hybridized carbons (Fsp3) is 0.265. The minimum Gasteiger partial charge on any atom is -0.469 e. The Kier molecular flexibility index (Phi) is 5.56. The van der Waals surface area contributed by atoms with E-state index in [0.29, 0.717) is 6.42 Å². The first-order valence-corrected chi connectivity index (χ1v) is 13.1. The molecule has 0 bridgehead atoms. The highest BCUT2D eigenvalue weighted by atomic mass is 16.5. The van der Waals surface area contributed by atoms with Gasteiger partial charge in [-0.1, -0.05) is 110 Å². The van der Waals surface area contributed by atoms with E-state index in [0.717, 1.165) is 25.7 Å². The van der Waals surface area contributed by atoms with Crippen LogP contribution in [0.15, 0.2) is 97.1 Å². The second-order valence-corrected chi connectivity index (χ2v) is 10.3. The maximum absolute atomic E-state index is 12.6. The average molecular weight is 473 g/mol. The van der Waals surface area contributed by atoms with Crippen LogP contribution in [-0.2, 0) is 20.4 Å². The molecule has 0 aromatic heterocycles. The molecule has 2 nitrogen and oxygen atoms in total. The highest BCUT2D eigenvalue weighted by molar-refractivity contribution is 5.84. The summed E-state index contributed by atoms with van der Waals surface area (Å²) in [6.45, 7) is 2.29. The molecule has 0 atom stereocenters. The van der Waals surface area contributed by atoms with E-state index in [1.807, 2.05) is 0 Å². The van der Waals surface area contributed by atoms with Crippen molar-refractivity contribution in [2.45, 2.75) is 49.9 Å². The molecule has 4 aromatic carbocycles. The predicted octanol–water partition coefficient (Wildman–Crippen LogP) is 8.06. The fourth-order valence-electron chi connectivity index (χ4n) is 7.29. The topological polar surface area (TPSA) is 26.3 Å².